The fourth-order valence-electron chi connectivity index (χ4n) is 4.80. The number of para-hydroxylation sites is 1. The van der Waals surface area contributed by atoms with E-state index in [0.29, 0.717) is 36.0 Å². The topological polar surface area (TPSA) is 66.9 Å². The Kier molecular flexibility index (Phi) is 10.3. The van der Waals surface area contributed by atoms with Crippen LogP contribution in [0.3, 0.4) is 0 Å². The summed E-state index contributed by atoms with van der Waals surface area (Å²) in [5.41, 5.74) is 5.62. The molecular formula is C37H37NO5S. The molecule has 4 aromatic carbocycles. The molecule has 0 saturated heterocycles. The molecule has 0 unspecified atom stereocenters. The molecule has 5 aromatic rings. The van der Waals surface area contributed by atoms with E-state index in [0.717, 1.165) is 57.8 Å². The second kappa shape index (κ2) is 14.7. The zero-order valence-corrected chi connectivity index (χ0v) is 26.4. The molecule has 6 nitrogen and oxygen atoms in total. The SMILES string of the molecule is COc1ccc(/C=C/C(=O)c2cc(C)c(C)c(OC)c2)cc1OCCCCCOc1ccc(-c2nc3ccccc3s2)cc1. The number of allylic oxidation sites excluding steroid dienone is 1. The van der Waals surface area contributed by atoms with Gasteiger partial charge in [0.15, 0.2) is 17.3 Å². The van der Waals surface area contributed by atoms with Gasteiger partial charge in [-0.3, -0.25) is 4.79 Å². The Bertz CT molecular complexity index is 1720. The molecule has 226 valence electrons. The molecule has 44 heavy (non-hydrogen) atoms. The van der Waals surface area contributed by atoms with Crippen molar-refractivity contribution >= 4 is 33.4 Å². The standard InChI is InChI=1S/C37H37NO5S/c1-25-22-29(24-34(41-4)26(25)2)32(39)18-12-27-13-19-33(40-3)35(23-27)43-21-9-5-8-20-42-30-16-14-28(15-17-30)37-38-31-10-6-7-11-36(31)44-37/h6-7,10-19,22-24H,5,8-9,20-21H2,1-4H3/b18-12+. The molecule has 0 atom stereocenters. The maximum atomic E-state index is 12.8. The van der Waals surface area contributed by atoms with Gasteiger partial charge in [-0.1, -0.05) is 24.3 Å². The lowest BCUT2D eigenvalue weighted by Crippen LogP contribution is -2.02. The number of fused-ring (bicyclic) bond motifs is 1. The minimum absolute atomic E-state index is 0.0870. The van der Waals surface area contributed by atoms with Crippen molar-refractivity contribution < 1.29 is 23.7 Å². The van der Waals surface area contributed by atoms with E-state index < -0.39 is 0 Å². The van der Waals surface area contributed by atoms with Gasteiger partial charge in [-0.15, -0.1) is 11.3 Å². The summed E-state index contributed by atoms with van der Waals surface area (Å²) in [6.07, 6.45) is 6.15. The number of hydrogen-bond donors (Lipinski definition) is 0. The fourth-order valence-corrected chi connectivity index (χ4v) is 5.77. The molecule has 7 heteroatoms. The van der Waals surface area contributed by atoms with E-state index in [1.54, 1.807) is 43.8 Å². The molecule has 0 radical (unpaired) electrons. The average molecular weight is 608 g/mol. The highest BCUT2D eigenvalue weighted by atomic mass is 32.1. The van der Waals surface area contributed by atoms with Crippen molar-refractivity contribution in [1.29, 1.82) is 0 Å². The third kappa shape index (κ3) is 7.66. The molecule has 0 amide bonds. The number of hydrogen-bond acceptors (Lipinski definition) is 7. The van der Waals surface area contributed by atoms with E-state index in [1.807, 2.05) is 68.4 Å². The van der Waals surface area contributed by atoms with Gasteiger partial charge in [0, 0.05) is 11.1 Å². The van der Waals surface area contributed by atoms with Gasteiger partial charge in [0.25, 0.3) is 0 Å². The number of rotatable bonds is 14. The molecule has 5 rings (SSSR count). The highest BCUT2D eigenvalue weighted by molar-refractivity contribution is 7.21. The Morgan fingerprint density at radius 2 is 1.55 bits per heavy atom. The highest BCUT2D eigenvalue weighted by Gasteiger charge is 2.10. The van der Waals surface area contributed by atoms with Gasteiger partial charge < -0.3 is 18.9 Å². The summed E-state index contributed by atoms with van der Waals surface area (Å²) in [6.45, 7) is 5.16. The molecule has 1 aromatic heterocycles. The van der Waals surface area contributed by atoms with Gasteiger partial charge >= 0.3 is 0 Å². The summed E-state index contributed by atoms with van der Waals surface area (Å²) in [4.78, 5) is 17.6. The number of ether oxygens (including phenoxy) is 4. The Morgan fingerprint density at radius 3 is 2.30 bits per heavy atom. The van der Waals surface area contributed by atoms with Crippen LogP contribution in [-0.2, 0) is 0 Å². The molecule has 0 saturated carbocycles. The number of carbonyl (C=O) groups excluding carboxylic acids is 1. The maximum Gasteiger partial charge on any atom is 0.185 e. The normalized spacial score (nSPS) is 11.2. The number of aromatic nitrogens is 1. The number of thiazole rings is 1. The highest BCUT2D eigenvalue weighted by Crippen LogP contribution is 2.31. The summed E-state index contributed by atoms with van der Waals surface area (Å²) < 4.78 is 24.1. The zero-order chi connectivity index (χ0) is 30.9. The largest absolute Gasteiger partial charge is 0.496 e. The number of methoxy groups -OCH3 is 2. The van der Waals surface area contributed by atoms with E-state index in [1.165, 1.54) is 4.70 Å². The zero-order valence-electron chi connectivity index (χ0n) is 25.6. The van der Waals surface area contributed by atoms with Gasteiger partial charge in [0.05, 0.1) is 37.6 Å². The summed E-state index contributed by atoms with van der Waals surface area (Å²) in [6, 6.07) is 25.6. The van der Waals surface area contributed by atoms with Crippen molar-refractivity contribution in [3.63, 3.8) is 0 Å². The number of carbonyl (C=O) groups is 1. The molecule has 0 aliphatic carbocycles. The Morgan fingerprint density at radius 1 is 0.795 bits per heavy atom. The summed E-state index contributed by atoms with van der Waals surface area (Å²) in [5, 5.41) is 1.02. The lowest BCUT2D eigenvalue weighted by atomic mass is 10.0. The molecule has 0 fully saturated rings. The molecule has 0 aliphatic rings. The van der Waals surface area contributed by atoms with Crippen molar-refractivity contribution in [2.24, 2.45) is 0 Å². The summed E-state index contributed by atoms with van der Waals surface area (Å²) in [7, 11) is 3.24. The average Bonchev–Trinajstić information content (AvgIpc) is 3.49. The van der Waals surface area contributed by atoms with Crippen LogP contribution in [0.1, 0.15) is 46.3 Å². The minimum atomic E-state index is -0.0870. The molecule has 0 aliphatic heterocycles. The monoisotopic (exact) mass is 607 g/mol. The summed E-state index contributed by atoms with van der Waals surface area (Å²) >= 11 is 1.70. The van der Waals surface area contributed by atoms with E-state index in [4.69, 9.17) is 23.9 Å². The van der Waals surface area contributed by atoms with Crippen molar-refractivity contribution in [2.75, 3.05) is 27.4 Å². The van der Waals surface area contributed by atoms with Crippen molar-refractivity contribution in [2.45, 2.75) is 33.1 Å². The fraction of sp³-hybridized carbons (Fsp3) is 0.243. The first-order valence-corrected chi connectivity index (χ1v) is 15.5. The van der Waals surface area contributed by atoms with Crippen LogP contribution >= 0.6 is 11.3 Å². The van der Waals surface area contributed by atoms with E-state index >= 15 is 0 Å². The number of nitrogens with zero attached hydrogens (tertiary/aromatic N) is 1. The van der Waals surface area contributed by atoms with Gasteiger partial charge in [-0.25, -0.2) is 4.98 Å². The van der Waals surface area contributed by atoms with Crippen molar-refractivity contribution in [1.82, 2.24) is 4.98 Å². The number of ketones is 1. The number of unbranched alkanes of at least 4 members (excludes halogenated alkanes) is 2. The number of aryl methyl sites for hydroxylation is 1. The quantitative estimate of drug-likeness (QED) is 0.0713. The van der Waals surface area contributed by atoms with E-state index in [2.05, 4.69) is 18.2 Å². The maximum absolute atomic E-state index is 12.8. The van der Waals surface area contributed by atoms with Crippen LogP contribution in [0, 0.1) is 13.8 Å². The predicted octanol–water partition coefficient (Wildman–Crippen LogP) is 9.12. The second-order valence-electron chi connectivity index (χ2n) is 10.5. The van der Waals surface area contributed by atoms with Crippen molar-refractivity contribution in [3.8, 4) is 33.6 Å². The van der Waals surface area contributed by atoms with Crippen molar-refractivity contribution in [3.05, 3.63) is 107 Å². The first-order valence-electron chi connectivity index (χ1n) is 14.7. The van der Waals surface area contributed by atoms with Gasteiger partial charge in [-0.2, -0.15) is 0 Å². The van der Waals surface area contributed by atoms with Crippen LogP contribution in [0.5, 0.6) is 23.0 Å². The smallest absolute Gasteiger partial charge is 0.185 e. The Balaban J connectivity index is 1.06. The Labute approximate surface area is 262 Å². The molecular weight excluding hydrogens is 570 g/mol. The lowest BCUT2D eigenvalue weighted by molar-refractivity contribution is 0.104. The number of benzene rings is 4. The Hall–Kier alpha value is -4.62. The van der Waals surface area contributed by atoms with Crippen LogP contribution in [0.4, 0.5) is 0 Å². The van der Waals surface area contributed by atoms with Gasteiger partial charge in [-0.05, 0) is 117 Å². The first kappa shape index (κ1) is 30.8. The first-order chi connectivity index (χ1) is 21.4. The van der Waals surface area contributed by atoms with Crippen LogP contribution < -0.4 is 18.9 Å². The molecule has 0 spiro atoms. The van der Waals surface area contributed by atoms with Crippen LogP contribution in [0.2, 0.25) is 0 Å². The minimum Gasteiger partial charge on any atom is -0.496 e. The van der Waals surface area contributed by atoms with E-state index in [9.17, 15) is 4.79 Å². The van der Waals surface area contributed by atoms with Crippen LogP contribution in [-0.4, -0.2) is 38.2 Å². The third-order valence-corrected chi connectivity index (χ3v) is 8.53. The molecule has 0 bridgehead atoms. The third-order valence-electron chi connectivity index (χ3n) is 7.45. The summed E-state index contributed by atoms with van der Waals surface area (Å²) in [5.74, 6) is 2.79. The van der Waals surface area contributed by atoms with Crippen LogP contribution in [0.15, 0.2) is 84.9 Å². The molecule has 0 N–H and O–H groups in total. The van der Waals surface area contributed by atoms with Gasteiger partial charge in [0.1, 0.15) is 16.5 Å². The second-order valence-corrected chi connectivity index (χ2v) is 11.5. The molecule has 1 heterocycles. The van der Waals surface area contributed by atoms with Gasteiger partial charge in [0.2, 0.25) is 0 Å². The lowest BCUT2D eigenvalue weighted by Gasteiger charge is -2.12. The predicted molar refractivity (Wildman–Crippen MR) is 179 cm³/mol. The van der Waals surface area contributed by atoms with Crippen LogP contribution in [0.25, 0.3) is 26.9 Å². The van der Waals surface area contributed by atoms with E-state index in [-0.39, 0.29) is 5.78 Å².